The Bertz CT molecular complexity index is 503. The number of hydrogen-bond donors (Lipinski definition) is 1. The molecule has 0 aromatic heterocycles. The average molecular weight is 377 g/mol. The molecule has 102 valence electrons. The summed E-state index contributed by atoms with van der Waals surface area (Å²) < 4.78 is 5.85. The SMILES string of the molecule is O=C(NN1CCOCC1)c1cc([N+](=O)[O-])ccc1I. The fourth-order valence-corrected chi connectivity index (χ4v) is 2.26. The molecule has 1 aromatic rings. The summed E-state index contributed by atoms with van der Waals surface area (Å²) in [5.74, 6) is -0.338. The Morgan fingerprint density at radius 1 is 1.42 bits per heavy atom. The Labute approximate surface area is 123 Å². The Morgan fingerprint density at radius 2 is 2.11 bits per heavy atom. The Kier molecular flexibility index (Phi) is 4.66. The zero-order valence-corrected chi connectivity index (χ0v) is 12.1. The van der Waals surface area contributed by atoms with Crippen LogP contribution < -0.4 is 5.43 Å². The first kappa shape index (κ1) is 14.2. The van der Waals surface area contributed by atoms with Gasteiger partial charge in [-0.25, -0.2) is 5.01 Å². The van der Waals surface area contributed by atoms with Gasteiger partial charge in [0.15, 0.2) is 0 Å². The Balaban J connectivity index is 2.13. The van der Waals surface area contributed by atoms with E-state index >= 15 is 0 Å². The van der Waals surface area contributed by atoms with Gasteiger partial charge in [-0.05, 0) is 28.7 Å². The summed E-state index contributed by atoms with van der Waals surface area (Å²) in [6.45, 7) is 2.34. The second kappa shape index (κ2) is 6.26. The summed E-state index contributed by atoms with van der Waals surface area (Å²) in [5, 5.41) is 12.5. The molecule has 1 N–H and O–H groups in total. The van der Waals surface area contributed by atoms with Crippen molar-refractivity contribution in [1.29, 1.82) is 0 Å². The van der Waals surface area contributed by atoms with E-state index in [2.05, 4.69) is 5.43 Å². The van der Waals surface area contributed by atoms with Crippen molar-refractivity contribution >= 4 is 34.2 Å². The summed E-state index contributed by atoms with van der Waals surface area (Å²) in [6, 6.07) is 4.23. The number of halogens is 1. The number of amides is 1. The van der Waals surface area contributed by atoms with Gasteiger partial charge in [0.2, 0.25) is 0 Å². The molecule has 2 rings (SSSR count). The van der Waals surface area contributed by atoms with Crippen LogP contribution in [0.5, 0.6) is 0 Å². The Morgan fingerprint density at radius 3 is 2.74 bits per heavy atom. The monoisotopic (exact) mass is 377 g/mol. The molecule has 1 heterocycles. The van der Waals surface area contributed by atoms with E-state index in [4.69, 9.17) is 4.74 Å². The zero-order chi connectivity index (χ0) is 13.8. The second-order valence-electron chi connectivity index (χ2n) is 3.96. The molecule has 0 radical (unpaired) electrons. The number of benzene rings is 1. The number of carbonyl (C=O) groups excluding carboxylic acids is 1. The van der Waals surface area contributed by atoms with Crippen LogP contribution in [0.1, 0.15) is 10.4 Å². The van der Waals surface area contributed by atoms with Gasteiger partial charge in [0, 0.05) is 28.8 Å². The van der Waals surface area contributed by atoms with Crippen molar-refractivity contribution in [3.05, 3.63) is 37.4 Å². The molecule has 1 aromatic carbocycles. The first-order valence-corrected chi connectivity index (χ1v) is 6.73. The number of non-ortho nitro benzene ring substituents is 1. The van der Waals surface area contributed by atoms with Crippen LogP contribution >= 0.6 is 22.6 Å². The molecule has 0 bridgehead atoms. The molecule has 1 aliphatic heterocycles. The maximum atomic E-state index is 12.1. The molecule has 1 fully saturated rings. The number of rotatable bonds is 3. The zero-order valence-electron chi connectivity index (χ0n) is 9.97. The molecule has 0 saturated carbocycles. The lowest BCUT2D eigenvalue weighted by Crippen LogP contribution is -2.48. The number of morpholine rings is 1. The van der Waals surface area contributed by atoms with Crippen LogP contribution in [-0.4, -0.2) is 42.1 Å². The number of nitro benzene ring substituents is 1. The lowest BCUT2D eigenvalue weighted by Gasteiger charge is -2.27. The van der Waals surface area contributed by atoms with Crippen molar-refractivity contribution in [1.82, 2.24) is 10.4 Å². The second-order valence-corrected chi connectivity index (χ2v) is 5.12. The van der Waals surface area contributed by atoms with Crippen molar-refractivity contribution in [3.63, 3.8) is 0 Å². The minimum absolute atomic E-state index is 0.0902. The van der Waals surface area contributed by atoms with Gasteiger partial charge in [-0.2, -0.15) is 0 Å². The lowest BCUT2D eigenvalue weighted by atomic mass is 10.2. The number of nitrogens with zero attached hydrogens (tertiary/aromatic N) is 2. The van der Waals surface area contributed by atoms with Crippen molar-refractivity contribution < 1.29 is 14.5 Å². The topological polar surface area (TPSA) is 84.7 Å². The van der Waals surface area contributed by atoms with E-state index in [1.807, 2.05) is 22.6 Å². The fourth-order valence-electron chi connectivity index (χ4n) is 1.68. The molecule has 0 unspecified atom stereocenters. The molecule has 0 atom stereocenters. The number of nitrogens with one attached hydrogen (secondary N) is 1. The fraction of sp³-hybridized carbons (Fsp3) is 0.364. The van der Waals surface area contributed by atoms with Crippen molar-refractivity contribution in [3.8, 4) is 0 Å². The van der Waals surface area contributed by atoms with Crippen LogP contribution in [0, 0.1) is 13.7 Å². The Hall–Kier alpha value is -1.26. The van der Waals surface area contributed by atoms with E-state index in [0.717, 1.165) is 0 Å². The highest BCUT2D eigenvalue weighted by Crippen LogP contribution is 2.19. The molecule has 7 nitrogen and oxygen atoms in total. The van der Waals surface area contributed by atoms with E-state index in [1.165, 1.54) is 12.1 Å². The first-order valence-electron chi connectivity index (χ1n) is 5.65. The van der Waals surface area contributed by atoms with Gasteiger partial charge in [0.05, 0.1) is 23.7 Å². The average Bonchev–Trinajstić information content (AvgIpc) is 2.40. The van der Waals surface area contributed by atoms with Gasteiger partial charge in [-0.15, -0.1) is 0 Å². The van der Waals surface area contributed by atoms with Gasteiger partial charge >= 0.3 is 0 Å². The van der Waals surface area contributed by atoms with E-state index < -0.39 is 4.92 Å². The number of nitro groups is 1. The number of ether oxygens (including phenoxy) is 1. The van der Waals surface area contributed by atoms with E-state index in [-0.39, 0.29) is 11.6 Å². The highest BCUT2D eigenvalue weighted by Gasteiger charge is 2.18. The molecule has 1 aliphatic rings. The van der Waals surface area contributed by atoms with Crippen molar-refractivity contribution in [2.24, 2.45) is 0 Å². The van der Waals surface area contributed by atoms with Gasteiger partial charge in [-0.1, -0.05) is 0 Å². The minimum atomic E-state index is -0.512. The summed E-state index contributed by atoms with van der Waals surface area (Å²) in [5.41, 5.74) is 2.95. The van der Waals surface area contributed by atoms with Crippen LogP contribution in [-0.2, 0) is 4.74 Å². The van der Waals surface area contributed by atoms with Crippen LogP contribution in [0.4, 0.5) is 5.69 Å². The minimum Gasteiger partial charge on any atom is -0.379 e. The predicted octanol–water partition coefficient (Wildman–Crippen LogP) is 1.18. The first-order chi connectivity index (χ1) is 9.08. The molecular weight excluding hydrogens is 365 g/mol. The van der Waals surface area contributed by atoms with E-state index in [0.29, 0.717) is 35.4 Å². The quantitative estimate of drug-likeness (QED) is 0.486. The molecule has 0 spiro atoms. The van der Waals surface area contributed by atoms with Crippen LogP contribution in [0.15, 0.2) is 18.2 Å². The van der Waals surface area contributed by atoms with Gasteiger partial charge in [0.1, 0.15) is 0 Å². The standard InChI is InChI=1S/C11H12IN3O4/c12-10-2-1-8(15(17)18)7-9(10)11(16)13-14-3-5-19-6-4-14/h1-2,7H,3-6H2,(H,13,16). The largest absolute Gasteiger partial charge is 0.379 e. The number of hydrazine groups is 1. The third kappa shape index (κ3) is 3.61. The van der Waals surface area contributed by atoms with Gasteiger partial charge < -0.3 is 4.74 Å². The van der Waals surface area contributed by atoms with Crippen molar-refractivity contribution in [2.75, 3.05) is 26.3 Å². The molecule has 1 amide bonds. The summed E-state index contributed by atoms with van der Waals surface area (Å²) in [4.78, 5) is 22.3. The van der Waals surface area contributed by atoms with E-state index in [1.54, 1.807) is 11.1 Å². The lowest BCUT2D eigenvalue weighted by molar-refractivity contribution is -0.384. The maximum absolute atomic E-state index is 12.1. The number of carbonyl (C=O) groups is 1. The highest BCUT2D eigenvalue weighted by atomic mass is 127. The summed E-state index contributed by atoms with van der Waals surface area (Å²) in [7, 11) is 0. The van der Waals surface area contributed by atoms with E-state index in [9.17, 15) is 14.9 Å². The van der Waals surface area contributed by atoms with Gasteiger partial charge in [0.25, 0.3) is 11.6 Å². The van der Waals surface area contributed by atoms with Crippen LogP contribution in [0.3, 0.4) is 0 Å². The third-order valence-corrected chi connectivity index (χ3v) is 3.62. The maximum Gasteiger partial charge on any atom is 0.270 e. The van der Waals surface area contributed by atoms with Crippen LogP contribution in [0.25, 0.3) is 0 Å². The normalized spacial score (nSPS) is 16.1. The van der Waals surface area contributed by atoms with Gasteiger partial charge in [-0.3, -0.25) is 20.3 Å². The van der Waals surface area contributed by atoms with Crippen LogP contribution in [0.2, 0.25) is 0 Å². The molecule has 0 aliphatic carbocycles. The molecule has 8 heteroatoms. The van der Waals surface area contributed by atoms with Crippen molar-refractivity contribution in [2.45, 2.75) is 0 Å². The smallest absolute Gasteiger partial charge is 0.270 e. The highest BCUT2D eigenvalue weighted by molar-refractivity contribution is 14.1. The predicted molar refractivity (Wildman–Crippen MR) is 75.7 cm³/mol. The molecule has 19 heavy (non-hydrogen) atoms. The number of hydrogen-bond acceptors (Lipinski definition) is 5. The summed E-state index contributed by atoms with van der Waals surface area (Å²) in [6.07, 6.45) is 0. The summed E-state index contributed by atoms with van der Waals surface area (Å²) >= 11 is 1.98. The third-order valence-electron chi connectivity index (χ3n) is 2.68. The molecule has 1 saturated heterocycles. The molecular formula is C11H12IN3O4.